The molecule has 7 heteroatoms. The van der Waals surface area contributed by atoms with Crippen molar-refractivity contribution in [3.63, 3.8) is 0 Å². The minimum absolute atomic E-state index is 0.218. The fraction of sp³-hybridized carbons (Fsp3) is 0.571. The molecule has 0 saturated heterocycles. The minimum Gasteiger partial charge on any atom is -0.207 e. The molecule has 1 saturated carbocycles. The van der Waals surface area contributed by atoms with Crippen LogP contribution in [0.1, 0.15) is 37.7 Å². The molecule has 0 spiro atoms. The summed E-state index contributed by atoms with van der Waals surface area (Å²) in [6.07, 6.45) is -0.425. The van der Waals surface area contributed by atoms with Crippen molar-refractivity contribution in [1.29, 1.82) is 0 Å². The maximum atomic E-state index is 13.0. The fourth-order valence-corrected chi connectivity index (χ4v) is 4.35. The summed E-state index contributed by atoms with van der Waals surface area (Å²) in [6, 6.07) is 4.13. The topological polar surface area (TPSA) is 37.4 Å². The van der Waals surface area contributed by atoms with E-state index in [4.69, 9.17) is 0 Å². The van der Waals surface area contributed by atoms with Crippen molar-refractivity contribution in [1.82, 2.24) is 4.31 Å². The van der Waals surface area contributed by atoms with Crippen molar-refractivity contribution >= 4 is 10.0 Å². The predicted octanol–water partition coefficient (Wildman–Crippen LogP) is 3.66. The van der Waals surface area contributed by atoms with E-state index in [-0.39, 0.29) is 6.04 Å². The number of hydrogen-bond donors (Lipinski definition) is 0. The molecule has 0 unspecified atom stereocenters. The van der Waals surface area contributed by atoms with Crippen LogP contribution in [0.3, 0.4) is 0 Å². The van der Waals surface area contributed by atoms with Crippen molar-refractivity contribution in [3.05, 3.63) is 29.8 Å². The van der Waals surface area contributed by atoms with Crippen LogP contribution < -0.4 is 0 Å². The Morgan fingerprint density at radius 2 is 1.67 bits per heavy atom. The quantitative estimate of drug-likeness (QED) is 0.852. The number of halogens is 3. The molecular formula is C14H18F3NO2S. The van der Waals surface area contributed by atoms with Crippen molar-refractivity contribution in [2.75, 3.05) is 7.05 Å². The summed E-state index contributed by atoms with van der Waals surface area (Å²) in [5.41, 5.74) is -1.10. The number of sulfonamides is 1. The first-order valence-corrected chi connectivity index (χ1v) is 8.33. The predicted molar refractivity (Wildman–Crippen MR) is 73.3 cm³/mol. The van der Waals surface area contributed by atoms with Crippen LogP contribution in [0.2, 0.25) is 0 Å². The normalized spacial score (nSPS) is 18.1. The molecule has 0 bridgehead atoms. The van der Waals surface area contributed by atoms with Crippen LogP contribution in [0, 0.1) is 0 Å². The van der Waals surface area contributed by atoms with Crippen LogP contribution in [0.5, 0.6) is 0 Å². The van der Waals surface area contributed by atoms with Gasteiger partial charge in [0, 0.05) is 13.1 Å². The highest BCUT2D eigenvalue weighted by Gasteiger charge is 2.39. The molecule has 0 N–H and O–H groups in total. The first-order chi connectivity index (χ1) is 9.74. The van der Waals surface area contributed by atoms with E-state index in [1.807, 2.05) is 0 Å². The second-order valence-electron chi connectivity index (χ2n) is 5.31. The third-order valence-electron chi connectivity index (χ3n) is 3.94. The molecule has 0 aliphatic heterocycles. The van der Waals surface area contributed by atoms with Crippen molar-refractivity contribution in [3.8, 4) is 0 Å². The highest BCUT2D eigenvalue weighted by atomic mass is 32.2. The summed E-state index contributed by atoms with van der Waals surface area (Å²) in [5.74, 6) is 0. The van der Waals surface area contributed by atoms with Gasteiger partial charge in [0.15, 0.2) is 0 Å². The van der Waals surface area contributed by atoms with E-state index >= 15 is 0 Å². The molecule has 1 aromatic carbocycles. The fourth-order valence-electron chi connectivity index (χ4n) is 2.72. The summed E-state index contributed by atoms with van der Waals surface area (Å²) in [5, 5.41) is 0. The van der Waals surface area contributed by atoms with Crippen molar-refractivity contribution in [2.24, 2.45) is 0 Å². The molecule has 0 amide bonds. The third kappa shape index (κ3) is 3.40. The first-order valence-electron chi connectivity index (χ1n) is 6.89. The Labute approximate surface area is 122 Å². The number of alkyl halides is 3. The molecule has 2 rings (SSSR count). The number of benzene rings is 1. The van der Waals surface area contributed by atoms with Gasteiger partial charge >= 0.3 is 6.18 Å². The van der Waals surface area contributed by atoms with Crippen molar-refractivity contribution in [2.45, 2.75) is 49.2 Å². The Hall–Kier alpha value is -1.08. The number of rotatable bonds is 3. The molecular weight excluding hydrogens is 303 g/mol. The summed E-state index contributed by atoms with van der Waals surface area (Å²) in [6.45, 7) is 0. The van der Waals surface area contributed by atoms with E-state index < -0.39 is 26.7 Å². The largest absolute Gasteiger partial charge is 0.417 e. The van der Waals surface area contributed by atoms with Gasteiger partial charge in [0.25, 0.3) is 0 Å². The van der Waals surface area contributed by atoms with E-state index in [0.717, 1.165) is 35.7 Å². The summed E-state index contributed by atoms with van der Waals surface area (Å²) in [4.78, 5) is -0.662. The lowest BCUT2D eigenvalue weighted by atomic mass is 9.96. The molecule has 21 heavy (non-hydrogen) atoms. The molecule has 0 atom stereocenters. The van der Waals surface area contributed by atoms with E-state index in [2.05, 4.69) is 0 Å². The SMILES string of the molecule is CN(C1CCCCC1)S(=O)(=O)c1ccccc1C(F)(F)F. The van der Waals surface area contributed by atoms with E-state index in [9.17, 15) is 21.6 Å². The zero-order chi connectivity index (χ0) is 15.7. The smallest absolute Gasteiger partial charge is 0.207 e. The molecule has 118 valence electrons. The average molecular weight is 321 g/mol. The van der Waals surface area contributed by atoms with Gasteiger partial charge in [-0.05, 0) is 25.0 Å². The maximum Gasteiger partial charge on any atom is 0.417 e. The molecule has 3 nitrogen and oxygen atoms in total. The van der Waals surface area contributed by atoms with Gasteiger partial charge in [-0.3, -0.25) is 0 Å². The monoisotopic (exact) mass is 321 g/mol. The van der Waals surface area contributed by atoms with Crippen LogP contribution >= 0.6 is 0 Å². The lowest BCUT2D eigenvalue weighted by Crippen LogP contribution is -2.39. The van der Waals surface area contributed by atoms with E-state index in [0.29, 0.717) is 12.8 Å². The molecule has 1 aliphatic rings. The summed E-state index contributed by atoms with van der Waals surface area (Å²) < 4.78 is 65.2. The molecule has 0 heterocycles. The summed E-state index contributed by atoms with van der Waals surface area (Å²) >= 11 is 0. The highest BCUT2D eigenvalue weighted by Crippen LogP contribution is 2.36. The van der Waals surface area contributed by atoms with Gasteiger partial charge in [-0.25, -0.2) is 8.42 Å². The van der Waals surface area contributed by atoms with Gasteiger partial charge in [0.1, 0.15) is 0 Å². The summed E-state index contributed by atoms with van der Waals surface area (Å²) in [7, 11) is -2.77. The lowest BCUT2D eigenvalue weighted by Gasteiger charge is -2.31. The Morgan fingerprint density at radius 1 is 1.10 bits per heavy atom. The van der Waals surface area contributed by atoms with Gasteiger partial charge < -0.3 is 0 Å². The second kappa shape index (κ2) is 5.96. The zero-order valence-corrected chi connectivity index (χ0v) is 12.5. The van der Waals surface area contributed by atoms with Gasteiger partial charge in [-0.2, -0.15) is 17.5 Å². The zero-order valence-electron chi connectivity index (χ0n) is 11.7. The molecule has 1 aliphatic carbocycles. The van der Waals surface area contributed by atoms with E-state index in [1.165, 1.54) is 19.2 Å². The second-order valence-corrected chi connectivity index (χ2v) is 7.27. The van der Waals surface area contributed by atoms with Gasteiger partial charge in [0.2, 0.25) is 10.0 Å². The average Bonchev–Trinajstić information content (AvgIpc) is 2.46. The third-order valence-corrected chi connectivity index (χ3v) is 5.91. The Bertz CT molecular complexity index is 592. The number of nitrogens with zero attached hydrogens (tertiary/aromatic N) is 1. The first kappa shape index (κ1) is 16.3. The van der Waals surface area contributed by atoms with Crippen molar-refractivity contribution < 1.29 is 21.6 Å². The number of hydrogen-bond acceptors (Lipinski definition) is 2. The highest BCUT2D eigenvalue weighted by molar-refractivity contribution is 7.89. The standard InChI is InChI=1S/C14H18F3NO2S/c1-18(11-7-3-2-4-8-11)21(19,20)13-10-6-5-9-12(13)14(15,16)17/h5-6,9-11H,2-4,7-8H2,1H3. The Morgan fingerprint density at radius 3 is 2.24 bits per heavy atom. The minimum atomic E-state index is -4.68. The van der Waals surface area contributed by atoms with Gasteiger partial charge in [-0.15, -0.1) is 0 Å². The Kier molecular flexibility index (Phi) is 4.63. The maximum absolute atomic E-state index is 13.0. The molecule has 0 radical (unpaired) electrons. The molecule has 0 aromatic heterocycles. The van der Waals surface area contributed by atoms with Crippen LogP contribution in [0.4, 0.5) is 13.2 Å². The lowest BCUT2D eigenvalue weighted by molar-refractivity contribution is -0.139. The molecule has 1 fully saturated rings. The molecule has 1 aromatic rings. The van der Waals surface area contributed by atoms with Crippen LogP contribution in [-0.4, -0.2) is 25.8 Å². The van der Waals surface area contributed by atoms with Crippen LogP contribution in [0.15, 0.2) is 29.2 Å². The van der Waals surface area contributed by atoms with Gasteiger partial charge in [-0.1, -0.05) is 31.4 Å². The van der Waals surface area contributed by atoms with Crippen LogP contribution in [0.25, 0.3) is 0 Å². The van der Waals surface area contributed by atoms with E-state index in [1.54, 1.807) is 0 Å². The Balaban J connectivity index is 2.40. The van der Waals surface area contributed by atoms with Gasteiger partial charge in [0.05, 0.1) is 10.5 Å². The van der Waals surface area contributed by atoms with Crippen LogP contribution in [-0.2, 0) is 16.2 Å².